The number of aromatic amines is 1. The Morgan fingerprint density at radius 2 is 1.93 bits per heavy atom. The second-order valence-electron chi connectivity index (χ2n) is 7.98. The van der Waals surface area contributed by atoms with Gasteiger partial charge < -0.3 is 15.4 Å². The molecule has 1 aromatic carbocycles. The van der Waals surface area contributed by atoms with Crippen molar-refractivity contribution in [1.29, 1.82) is 0 Å². The minimum atomic E-state index is -0.155. The van der Waals surface area contributed by atoms with Gasteiger partial charge >= 0.3 is 6.03 Å². The van der Waals surface area contributed by atoms with Crippen molar-refractivity contribution < 1.29 is 9.53 Å². The first-order valence-electron chi connectivity index (χ1n) is 10.2. The van der Waals surface area contributed by atoms with Gasteiger partial charge in [0.2, 0.25) is 5.82 Å². The van der Waals surface area contributed by atoms with E-state index in [1.54, 1.807) is 0 Å². The Labute approximate surface area is 164 Å². The van der Waals surface area contributed by atoms with Crippen LogP contribution in [0.1, 0.15) is 56.9 Å². The number of amides is 2. The number of tetrazole rings is 1. The van der Waals surface area contributed by atoms with E-state index in [2.05, 4.69) is 44.2 Å². The van der Waals surface area contributed by atoms with Crippen molar-refractivity contribution in [3.63, 3.8) is 0 Å². The van der Waals surface area contributed by atoms with Crippen LogP contribution in [0.5, 0.6) is 0 Å². The third-order valence-corrected chi connectivity index (χ3v) is 5.91. The zero-order valence-corrected chi connectivity index (χ0v) is 16.3. The van der Waals surface area contributed by atoms with Crippen LogP contribution >= 0.6 is 0 Å². The molecule has 4 rings (SSSR count). The van der Waals surface area contributed by atoms with Gasteiger partial charge in [-0.25, -0.2) is 4.79 Å². The van der Waals surface area contributed by atoms with Gasteiger partial charge in [-0.1, -0.05) is 13.0 Å². The normalized spacial score (nSPS) is 23.3. The maximum atomic E-state index is 12.5. The molecular weight excluding hydrogens is 356 g/mol. The number of hydrogen-bond acceptors (Lipinski definition) is 5. The highest BCUT2D eigenvalue weighted by Crippen LogP contribution is 2.35. The number of carbonyl (C=O) groups is 1. The molecule has 8 nitrogen and oxygen atoms in total. The maximum Gasteiger partial charge on any atom is 0.319 e. The quantitative estimate of drug-likeness (QED) is 0.749. The molecule has 2 heterocycles. The third-order valence-electron chi connectivity index (χ3n) is 5.91. The van der Waals surface area contributed by atoms with Gasteiger partial charge in [-0.3, -0.25) is 0 Å². The predicted octanol–water partition coefficient (Wildman–Crippen LogP) is 3.46. The number of carbonyl (C=O) groups excluding carboxylic acids is 1. The predicted molar refractivity (Wildman–Crippen MR) is 106 cm³/mol. The van der Waals surface area contributed by atoms with Crippen molar-refractivity contribution >= 4 is 11.7 Å². The van der Waals surface area contributed by atoms with Gasteiger partial charge in [0.15, 0.2) is 0 Å². The summed E-state index contributed by atoms with van der Waals surface area (Å²) in [5.74, 6) is 1.71. The Balaban J connectivity index is 1.48. The molecule has 3 N–H and O–H groups in total. The van der Waals surface area contributed by atoms with Crippen molar-refractivity contribution in [1.82, 2.24) is 25.9 Å². The van der Waals surface area contributed by atoms with Gasteiger partial charge in [-0.2, -0.15) is 5.21 Å². The molecule has 0 radical (unpaired) electrons. The zero-order chi connectivity index (χ0) is 19.3. The molecule has 1 aliphatic heterocycles. The van der Waals surface area contributed by atoms with Crippen molar-refractivity contribution in [3.8, 4) is 11.4 Å². The van der Waals surface area contributed by atoms with E-state index in [1.165, 1.54) is 18.4 Å². The molecule has 0 unspecified atom stereocenters. The molecule has 0 atom stereocenters. The van der Waals surface area contributed by atoms with Crippen molar-refractivity contribution in [3.05, 3.63) is 23.8 Å². The minimum Gasteiger partial charge on any atom is -0.381 e. The van der Waals surface area contributed by atoms with Crippen LogP contribution in [0.15, 0.2) is 18.2 Å². The van der Waals surface area contributed by atoms with Gasteiger partial charge in [-0.15, -0.1) is 10.2 Å². The number of anilines is 1. The number of ether oxygens (including phenoxy) is 1. The molecule has 2 amide bonds. The summed E-state index contributed by atoms with van der Waals surface area (Å²) in [5.41, 5.74) is 2.82. The Morgan fingerprint density at radius 1 is 1.14 bits per heavy atom. The second-order valence-corrected chi connectivity index (χ2v) is 7.98. The Kier molecular flexibility index (Phi) is 5.85. The molecule has 150 valence electrons. The largest absolute Gasteiger partial charge is 0.381 e. The molecule has 2 fully saturated rings. The van der Waals surface area contributed by atoms with E-state index in [1.807, 2.05) is 12.1 Å². The lowest BCUT2D eigenvalue weighted by molar-refractivity contribution is 0.0854. The number of aromatic nitrogens is 4. The third kappa shape index (κ3) is 4.49. The molecular formula is C20H28N6O2. The molecule has 28 heavy (non-hydrogen) atoms. The van der Waals surface area contributed by atoms with Crippen LogP contribution in [-0.2, 0) is 4.74 Å². The summed E-state index contributed by atoms with van der Waals surface area (Å²) in [6.45, 7) is 3.80. The highest BCUT2D eigenvalue weighted by molar-refractivity contribution is 5.90. The van der Waals surface area contributed by atoms with Crippen LogP contribution in [0, 0.1) is 5.92 Å². The topological polar surface area (TPSA) is 105 Å². The highest BCUT2D eigenvalue weighted by Gasteiger charge is 2.23. The van der Waals surface area contributed by atoms with E-state index in [4.69, 9.17) is 4.74 Å². The molecule has 0 bridgehead atoms. The highest BCUT2D eigenvalue weighted by atomic mass is 16.5. The number of urea groups is 1. The first-order chi connectivity index (χ1) is 13.7. The number of nitrogens with one attached hydrogen (secondary N) is 3. The lowest BCUT2D eigenvalue weighted by Gasteiger charge is -2.27. The summed E-state index contributed by atoms with van der Waals surface area (Å²) in [5, 5.41) is 20.6. The standard InChI is InChI=1S/C20H28N6O2/c1-13-2-4-15(5-3-13)21-20(27)22-16-6-7-17(14-8-10-28-11-9-14)18(12-16)19-23-25-26-24-19/h6-7,12-15H,2-5,8-11H2,1H3,(H2,21,22,27)(H,23,24,25,26)/t13-,15-. The first kappa shape index (κ1) is 18.9. The van der Waals surface area contributed by atoms with Gasteiger partial charge in [0, 0.05) is 30.5 Å². The van der Waals surface area contributed by atoms with Gasteiger partial charge in [0.05, 0.1) is 0 Å². The SMILES string of the molecule is C[C@H]1CC[C@H](NC(=O)Nc2ccc(C3CCOCC3)c(-c3nn[nH]n3)c2)CC1. The van der Waals surface area contributed by atoms with Crippen molar-refractivity contribution in [2.24, 2.45) is 5.92 Å². The Bertz CT molecular complexity index is 780. The minimum absolute atomic E-state index is 0.155. The van der Waals surface area contributed by atoms with E-state index < -0.39 is 0 Å². The molecule has 1 aliphatic carbocycles. The summed E-state index contributed by atoms with van der Waals surface area (Å²) >= 11 is 0. The number of nitrogens with zero attached hydrogens (tertiary/aromatic N) is 3. The maximum absolute atomic E-state index is 12.5. The Morgan fingerprint density at radius 3 is 2.64 bits per heavy atom. The van der Waals surface area contributed by atoms with Crippen LogP contribution in [0.3, 0.4) is 0 Å². The summed E-state index contributed by atoms with van der Waals surface area (Å²) in [6, 6.07) is 6.07. The van der Waals surface area contributed by atoms with Crippen LogP contribution in [-0.4, -0.2) is 45.9 Å². The van der Waals surface area contributed by atoms with Crippen LogP contribution < -0.4 is 10.6 Å². The summed E-state index contributed by atoms with van der Waals surface area (Å²) in [6.07, 6.45) is 6.38. The van der Waals surface area contributed by atoms with Gasteiger partial charge in [0.25, 0.3) is 0 Å². The lowest BCUT2D eigenvalue weighted by Crippen LogP contribution is -2.39. The first-order valence-corrected chi connectivity index (χ1v) is 10.2. The molecule has 0 spiro atoms. The van der Waals surface area contributed by atoms with E-state index in [-0.39, 0.29) is 12.1 Å². The average Bonchev–Trinajstić information content (AvgIpc) is 3.25. The monoisotopic (exact) mass is 384 g/mol. The van der Waals surface area contributed by atoms with E-state index in [9.17, 15) is 4.79 Å². The van der Waals surface area contributed by atoms with Crippen LogP contribution in [0.4, 0.5) is 10.5 Å². The average molecular weight is 384 g/mol. The molecule has 1 aromatic heterocycles. The van der Waals surface area contributed by atoms with Crippen molar-refractivity contribution in [2.75, 3.05) is 18.5 Å². The summed E-state index contributed by atoms with van der Waals surface area (Å²) < 4.78 is 5.49. The van der Waals surface area contributed by atoms with Gasteiger partial charge in [0.1, 0.15) is 0 Å². The van der Waals surface area contributed by atoms with Crippen LogP contribution in [0.2, 0.25) is 0 Å². The molecule has 1 saturated heterocycles. The number of H-pyrrole nitrogens is 1. The Hall–Kier alpha value is -2.48. The van der Waals surface area contributed by atoms with Crippen LogP contribution in [0.25, 0.3) is 11.4 Å². The van der Waals surface area contributed by atoms with E-state index in [0.29, 0.717) is 11.7 Å². The molecule has 1 saturated carbocycles. The second kappa shape index (κ2) is 8.68. The van der Waals surface area contributed by atoms with E-state index >= 15 is 0 Å². The summed E-state index contributed by atoms with van der Waals surface area (Å²) in [7, 11) is 0. The number of rotatable bonds is 4. The molecule has 2 aromatic rings. The molecule has 2 aliphatic rings. The molecule has 8 heteroatoms. The number of benzene rings is 1. The number of hydrogen-bond donors (Lipinski definition) is 3. The fourth-order valence-corrected chi connectivity index (χ4v) is 4.23. The van der Waals surface area contributed by atoms with Crippen molar-refractivity contribution in [2.45, 2.75) is 57.4 Å². The fourth-order valence-electron chi connectivity index (χ4n) is 4.23. The zero-order valence-electron chi connectivity index (χ0n) is 16.3. The van der Waals surface area contributed by atoms with E-state index in [0.717, 1.165) is 56.1 Å². The summed E-state index contributed by atoms with van der Waals surface area (Å²) in [4.78, 5) is 12.5. The lowest BCUT2D eigenvalue weighted by atomic mass is 9.87. The smallest absolute Gasteiger partial charge is 0.319 e. The van der Waals surface area contributed by atoms with Gasteiger partial charge in [-0.05, 0) is 73.3 Å². The fraction of sp³-hybridized carbons (Fsp3) is 0.600.